The predicted octanol–water partition coefficient (Wildman–Crippen LogP) is 3.59. The summed E-state index contributed by atoms with van der Waals surface area (Å²) in [4.78, 5) is 12.1. The van der Waals surface area contributed by atoms with Crippen molar-refractivity contribution in [1.82, 2.24) is 5.32 Å². The summed E-state index contributed by atoms with van der Waals surface area (Å²) < 4.78 is 35.5. The Morgan fingerprint density at radius 2 is 1.87 bits per heavy atom. The third-order valence-corrected chi connectivity index (χ3v) is 5.44. The number of rotatable bonds is 9. The van der Waals surface area contributed by atoms with Crippen LogP contribution in [0.5, 0.6) is 11.5 Å². The van der Waals surface area contributed by atoms with E-state index in [-0.39, 0.29) is 22.0 Å². The van der Waals surface area contributed by atoms with Crippen molar-refractivity contribution in [2.75, 3.05) is 13.7 Å². The Kier molecular flexibility index (Phi) is 8.01. The molecule has 2 rings (SSSR count). The van der Waals surface area contributed by atoms with Crippen molar-refractivity contribution in [1.29, 1.82) is 5.26 Å². The molecule has 2 aromatic rings. The van der Waals surface area contributed by atoms with E-state index in [9.17, 15) is 18.5 Å². The molecule has 30 heavy (non-hydrogen) atoms. The normalized spacial score (nSPS) is 11.5. The van der Waals surface area contributed by atoms with Crippen LogP contribution in [-0.4, -0.2) is 28.0 Å². The summed E-state index contributed by atoms with van der Waals surface area (Å²) in [5.41, 5.74) is 1.36. The number of methoxy groups -OCH3 is 1. The van der Waals surface area contributed by atoms with Gasteiger partial charge in [-0.25, -0.2) is 0 Å². The fourth-order valence-electron chi connectivity index (χ4n) is 2.50. The van der Waals surface area contributed by atoms with Crippen molar-refractivity contribution >= 4 is 22.1 Å². The van der Waals surface area contributed by atoms with Gasteiger partial charge in [0.2, 0.25) is 0 Å². The topological polar surface area (TPSA) is 105 Å². The molecule has 0 aliphatic heterocycles. The first-order chi connectivity index (χ1) is 14.3. The second-order valence-corrected chi connectivity index (χ2v) is 8.09. The smallest absolute Gasteiger partial charge is 0.339 e. The number of carbonyl (C=O) groups is 1. The lowest BCUT2D eigenvalue weighted by molar-refractivity contribution is -0.117. The fourth-order valence-corrected chi connectivity index (χ4v) is 3.44. The quantitative estimate of drug-likeness (QED) is 0.283. The molecule has 7 nitrogen and oxygen atoms in total. The van der Waals surface area contributed by atoms with Gasteiger partial charge in [0.05, 0.1) is 7.11 Å². The van der Waals surface area contributed by atoms with E-state index in [1.165, 1.54) is 37.5 Å². The van der Waals surface area contributed by atoms with Crippen molar-refractivity contribution < 1.29 is 22.1 Å². The molecular weight excluding hydrogens is 404 g/mol. The lowest BCUT2D eigenvalue weighted by Gasteiger charge is -2.12. The standard InChI is InChI=1S/C22H24N2O5S/c1-4-5-12-24-22(25)18(15-23)13-17-8-11-20(21(14-17)28-3)29-30(26,27)19-9-6-16(2)7-10-19/h6-11,13-14H,4-5,12H2,1-3H3,(H,24,25)/b18-13-. The molecule has 1 N–H and O–H groups in total. The SMILES string of the molecule is CCCCNC(=O)/C(C#N)=C\c1ccc(OS(=O)(=O)c2ccc(C)cc2)c(OC)c1. The zero-order valence-electron chi connectivity index (χ0n) is 17.1. The molecule has 0 unspecified atom stereocenters. The van der Waals surface area contributed by atoms with Gasteiger partial charge >= 0.3 is 10.1 Å². The monoisotopic (exact) mass is 428 g/mol. The summed E-state index contributed by atoms with van der Waals surface area (Å²) in [5, 5.41) is 12.0. The average molecular weight is 429 g/mol. The van der Waals surface area contributed by atoms with Crippen LogP contribution in [0, 0.1) is 18.3 Å². The van der Waals surface area contributed by atoms with E-state index < -0.39 is 16.0 Å². The lowest BCUT2D eigenvalue weighted by atomic mass is 10.1. The molecule has 0 atom stereocenters. The summed E-state index contributed by atoms with van der Waals surface area (Å²) in [6.07, 6.45) is 3.15. The largest absolute Gasteiger partial charge is 0.493 e. The van der Waals surface area contributed by atoms with Crippen LogP contribution in [-0.2, 0) is 14.9 Å². The van der Waals surface area contributed by atoms with Crippen molar-refractivity contribution in [2.45, 2.75) is 31.6 Å². The summed E-state index contributed by atoms with van der Waals surface area (Å²) in [5.74, 6) is -0.309. The molecule has 0 aromatic heterocycles. The van der Waals surface area contributed by atoms with Gasteiger partial charge in [-0.05, 0) is 49.2 Å². The maximum atomic E-state index is 12.5. The highest BCUT2D eigenvalue weighted by Crippen LogP contribution is 2.31. The van der Waals surface area contributed by atoms with Gasteiger partial charge in [-0.1, -0.05) is 37.1 Å². The lowest BCUT2D eigenvalue weighted by Crippen LogP contribution is -2.25. The van der Waals surface area contributed by atoms with E-state index >= 15 is 0 Å². The van der Waals surface area contributed by atoms with Gasteiger partial charge in [0.15, 0.2) is 11.5 Å². The minimum Gasteiger partial charge on any atom is -0.493 e. The maximum Gasteiger partial charge on any atom is 0.339 e. The molecule has 8 heteroatoms. The Balaban J connectivity index is 2.26. The van der Waals surface area contributed by atoms with E-state index in [0.717, 1.165) is 18.4 Å². The van der Waals surface area contributed by atoms with Gasteiger partial charge in [-0.2, -0.15) is 13.7 Å². The van der Waals surface area contributed by atoms with Crippen LogP contribution in [0.3, 0.4) is 0 Å². The minimum absolute atomic E-state index is 0.00105. The number of hydrogen-bond acceptors (Lipinski definition) is 6. The van der Waals surface area contributed by atoms with E-state index in [2.05, 4.69) is 5.32 Å². The predicted molar refractivity (Wildman–Crippen MR) is 113 cm³/mol. The number of nitriles is 1. The van der Waals surface area contributed by atoms with E-state index in [1.54, 1.807) is 18.2 Å². The molecule has 2 aromatic carbocycles. The third-order valence-electron chi connectivity index (χ3n) is 4.19. The second-order valence-electron chi connectivity index (χ2n) is 6.54. The Bertz CT molecular complexity index is 1070. The van der Waals surface area contributed by atoms with Crippen LogP contribution in [0.4, 0.5) is 0 Å². The van der Waals surface area contributed by atoms with Crippen LogP contribution >= 0.6 is 0 Å². The number of unbranched alkanes of at least 4 members (excludes halogenated alkanes) is 1. The summed E-state index contributed by atoms with van der Waals surface area (Å²) in [7, 11) is -2.67. The van der Waals surface area contributed by atoms with Gasteiger partial charge in [0.25, 0.3) is 5.91 Å². The van der Waals surface area contributed by atoms with E-state index in [0.29, 0.717) is 12.1 Å². The number of hydrogen-bond donors (Lipinski definition) is 1. The second kappa shape index (κ2) is 10.5. The number of aryl methyl sites for hydroxylation is 1. The van der Waals surface area contributed by atoms with Crippen molar-refractivity contribution in [3.05, 3.63) is 59.2 Å². The number of carbonyl (C=O) groups excluding carboxylic acids is 1. The highest BCUT2D eigenvalue weighted by Gasteiger charge is 2.19. The number of benzene rings is 2. The van der Waals surface area contributed by atoms with Gasteiger partial charge < -0.3 is 14.2 Å². The summed E-state index contributed by atoms with van der Waals surface area (Å²) in [6, 6.07) is 12.6. The molecule has 0 heterocycles. The molecule has 158 valence electrons. The van der Waals surface area contributed by atoms with Gasteiger partial charge in [0, 0.05) is 6.54 Å². The number of nitrogens with zero attached hydrogens (tertiary/aromatic N) is 1. The molecular formula is C22H24N2O5S. The summed E-state index contributed by atoms with van der Waals surface area (Å²) >= 11 is 0. The zero-order valence-corrected chi connectivity index (χ0v) is 18.0. The molecule has 0 aliphatic carbocycles. The van der Waals surface area contributed by atoms with Gasteiger partial charge in [0.1, 0.15) is 16.5 Å². The Hall–Kier alpha value is -3.31. The highest BCUT2D eigenvalue weighted by molar-refractivity contribution is 7.87. The van der Waals surface area contributed by atoms with Crippen molar-refractivity contribution in [2.24, 2.45) is 0 Å². The number of ether oxygens (including phenoxy) is 1. The first kappa shape index (κ1) is 23.0. The first-order valence-electron chi connectivity index (χ1n) is 9.40. The fraction of sp³-hybridized carbons (Fsp3) is 0.273. The molecule has 0 saturated carbocycles. The van der Waals surface area contributed by atoms with E-state index in [1.807, 2.05) is 19.9 Å². The molecule has 0 saturated heterocycles. The molecule has 0 fully saturated rings. The Morgan fingerprint density at radius 3 is 2.47 bits per heavy atom. The minimum atomic E-state index is -4.04. The van der Waals surface area contributed by atoms with Gasteiger partial charge in [-0.3, -0.25) is 4.79 Å². The zero-order chi connectivity index (χ0) is 22.1. The number of nitrogens with one attached hydrogen (secondary N) is 1. The first-order valence-corrected chi connectivity index (χ1v) is 10.8. The van der Waals surface area contributed by atoms with Crippen LogP contribution in [0.2, 0.25) is 0 Å². The molecule has 0 radical (unpaired) electrons. The van der Waals surface area contributed by atoms with Crippen molar-refractivity contribution in [3.8, 4) is 17.6 Å². The molecule has 1 amide bonds. The Labute approximate surface area is 177 Å². The van der Waals surface area contributed by atoms with Crippen LogP contribution < -0.4 is 14.2 Å². The maximum absolute atomic E-state index is 12.5. The number of amides is 1. The van der Waals surface area contributed by atoms with E-state index in [4.69, 9.17) is 8.92 Å². The van der Waals surface area contributed by atoms with Gasteiger partial charge in [-0.15, -0.1) is 0 Å². The third kappa shape index (κ3) is 6.09. The average Bonchev–Trinajstić information content (AvgIpc) is 2.73. The molecule has 0 spiro atoms. The van der Waals surface area contributed by atoms with Crippen molar-refractivity contribution in [3.63, 3.8) is 0 Å². The van der Waals surface area contributed by atoms with Crippen LogP contribution in [0.25, 0.3) is 6.08 Å². The van der Waals surface area contributed by atoms with Crippen LogP contribution in [0.1, 0.15) is 30.9 Å². The summed E-state index contributed by atoms with van der Waals surface area (Å²) in [6.45, 7) is 4.34. The molecule has 0 aliphatic rings. The van der Waals surface area contributed by atoms with Crippen LogP contribution in [0.15, 0.2) is 52.9 Å². The molecule has 0 bridgehead atoms. The Morgan fingerprint density at radius 1 is 1.17 bits per heavy atom. The highest BCUT2D eigenvalue weighted by atomic mass is 32.2.